The molecular formula is C22H25Cl2N3O4. The van der Waals surface area contributed by atoms with Crippen LogP contribution in [0.1, 0.15) is 12.8 Å². The molecule has 166 valence electrons. The van der Waals surface area contributed by atoms with Crippen molar-refractivity contribution in [1.29, 1.82) is 0 Å². The van der Waals surface area contributed by atoms with Gasteiger partial charge in [-0.15, -0.1) is 0 Å². The predicted octanol–water partition coefficient (Wildman–Crippen LogP) is 4.44. The van der Waals surface area contributed by atoms with Gasteiger partial charge in [-0.2, -0.15) is 0 Å². The molecule has 1 aliphatic heterocycles. The van der Waals surface area contributed by atoms with Crippen LogP contribution in [0.2, 0.25) is 10.0 Å². The van der Waals surface area contributed by atoms with Gasteiger partial charge in [-0.3, -0.25) is 4.79 Å². The fraction of sp³-hybridized carbons (Fsp3) is 0.364. The third-order valence-corrected chi connectivity index (χ3v) is 5.62. The van der Waals surface area contributed by atoms with E-state index in [4.69, 9.17) is 32.7 Å². The van der Waals surface area contributed by atoms with Gasteiger partial charge >= 0.3 is 6.03 Å². The van der Waals surface area contributed by atoms with Crippen LogP contribution in [0.4, 0.5) is 10.5 Å². The zero-order valence-electron chi connectivity index (χ0n) is 17.2. The monoisotopic (exact) mass is 465 g/mol. The molecule has 0 bridgehead atoms. The lowest BCUT2D eigenvalue weighted by molar-refractivity contribution is -0.123. The molecule has 0 atom stereocenters. The molecule has 2 aromatic carbocycles. The lowest BCUT2D eigenvalue weighted by atomic mass is 9.97. The Labute approximate surface area is 191 Å². The Morgan fingerprint density at radius 3 is 2.55 bits per heavy atom. The first-order valence-corrected chi connectivity index (χ1v) is 10.8. The third-order valence-electron chi connectivity index (χ3n) is 5.09. The number of methoxy groups -OCH3 is 1. The van der Waals surface area contributed by atoms with Gasteiger partial charge in [0.2, 0.25) is 0 Å². The van der Waals surface area contributed by atoms with Crippen molar-refractivity contribution in [2.45, 2.75) is 12.8 Å². The highest BCUT2D eigenvalue weighted by Crippen LogP contribution is 2.27. The van der Waals surface area contributed by atoms with E-state index in [0.717, 1.165) is 12.8 Å². The number of carbonyl (C=O) groups excluding carboxylic acids is 2. The minimum atomic E-state index is -0.220. The van der Waals surface area contributed by atoms with Crippen LogP contribution >= 0.6 is 23.2 Å². The molecule has 2 N–H and O–H groups in total. The number of hydrogen-bond donors (Lipinski definition) is 2. The summed E-state index contributed by atoms with van der Waals surface area (Å²) < 4.78 is 10.7. The number of nitrogens with one attached hydrogen (secondary N) is 2. The summed E-state index contributed by atoms with van der Waals surface area (Å²) in [6.07, 6.45) is 1.62. The van der Waals surface area contributed by atoms with Gasteiger partial charge in [-0.25, -0.2) is 4.79 Å². The number of piperidine rings is 1. The molecule has 1 fully saturated rings. The van der Waals surface area contributed by atoms with E-state index in [0.29, 0.717) is 52.8 Å². The number of para-hydroxylation sites is 2. The lowest BCUT2D eigenvalue weighted by Gasteiger charge is -2.32. The fourth-order valence-corrected chi connectivity index (χ4v) is 3.79. The van der Waals surface area contributed by atoms with E-state index < -0.39 is 0 Å². The van der Waals surface area contributed by atoms with Crippen molar-refractivity contribution in [1.82, 2.24) is 10.2 Å². The Morgan fingerprint density at radius 1 is 1.10 bits per heavy atom. The summed E-state index contributed by atoms with van der Waals surface area (Å²) in [6, 6.07) is 12.0. The van der Waals surface area contributed by atoms with E-state index in [9.17, 15) is 9.59 Å². The fourth-order valence-electron chi connectivity index (χ4n) is 3.33. The molecule has 9 heteroatoms. The molecule has 1 aliphatic rings. The van der Waals surface area contributed by atoms with Crippen LogP contribution < -0.4 is 20.1 Å². The van der Waals surface area contributed by atoms with Gasteiger partial charge in [0, 0.05) is 24.7 Å². The number of hydrogen-bond acceptors (Lipinski definition) is 4. The van der Waals surface area contributed by atoms with Crippen molar-refractivity contribution in [2.24, 2.45) is 5.92 Å². The van der Waals surface area contributed by atoms with Gasteiger partial charge in [-0.05, 0) is 49.1 Å². The molecule has 1 saturated heterocycles. The first-order valence-electron chi connectivity index (χ1n) is 9.99. The summed E-state index contributed by atoms with van der Waals surface area (Å²) in [5.41, 5.74) is 0.644. The molecule has 31 heavy (non-hydrogen) atoms. The van der Waals surface area contributed by atoms with Crippen LogP contribution in [0.5, 0.6) is 11.5 Å². The average Bonchev–Trinajstić information content (AvgIpc) is 2.77. The second-order valence-electron chi connectivity index (χ2n) is 7.23. The molecule has 0 aromatic heterocycles. The van der Waals surface area contributed by atoms with Gasteiger partial charge in [0.1, 0.15) is 11.5 Å². The molecular weight excluding hydrogens is 441 g/mol. The maximum Gasteiger partial charge on any atom is 0.321 e. The number of amides is 3. The first kappa shape index (κ1) is 23.0. The summed E-state index contributed by atoms with van der Waals surface area (Å²) in [6.45, 7) is 1.66. The van der Waals surface area contributed by atoms with Crippen LogP contribution in [-0.4, -0.2) is 50.2 Å². The first-order chi connectivity index (χ1) is 15.0. The van der Waals surface area contributed by atoms with E-state index in [-0.39, 0.29) is 18.5 Å². The third kappa shape index (κ3) is 6.67. The number of carbonyl (C=O) groups is 2. The highest BCUT2D eigenvalue weighted by atomic mass is 35.5. The number of benzene rings is 2. The molecule has 1 heterocycles. The van der Waals surface area contributed by atoms with Gasteiger partial charge in [0.15, 0.2) is 6.61 Å². The summed E-state index contributed by atoms with van der Waals surface area (Å²) in [5.74, 6) is 1.12. The summed E-state index contributed by atoms with van der Waals surface area (Å²) >= 11 is 11.9. The number of anilines is 1. The van der Waals surface area contributed by atoms with Crippen molar-refractivity contribution in [3.63, 3.8) is 0 Å². The number of ether oxygens (including phenoxy) is 2. The number of urea groups is 1. The normalized spacial score (nSPS) is 14.1. The number of likely N-dealkylation sites (tertiary alicyclic amines) is 1. The highest BCUT2D eigenvalue weighted by Gasteiger charge is 2.23. The Kier molecular flexibility index (Phi) is 8.26. The van der Waals surface area contributed by atoms with Gasteiger partial charge < -0.3 is 25.0 Å². The van der Waals surface area contributed by atoms with Crippen LogP contribution in [0, 0.1) is 5.92 Å². The SMILES string of the molecule is COc1ccccc1NC(=O)N1CCC(CNC(=O)COc2ccc(Cl)cc2Cl)CC1. The summed E-state index contributed by atoms with van der Waals surface area (Å²) in [5, 5.41) is 6.64. The van der Waals surface area contributed by atoms with E-state index in [2.05, 4.69) is 10.6 Å². The smallest absolute Gasteiger partial charge is 0.321 e. The zero-order valence-corrected chi connectivity index (χ0v) is 18.7. The van der Waals surface area contributed by atoms with E-state index in [1.54, 1.807) is 42.3 Å². The molecule has 0 unspecified atom stereocenters. The average molecular weight is 466 g/mol. The van der Waals surface area contributed by atoms with Crippen molar-refractivity contribution in [3.8, 4) is 11.5 Å². The van der Waals surface area contributed by atoms with Crippen molar-refractivity contribution >= 4 is 40.8 Å². The Morgan fingerprint density at radius 2 is 1.84 bits per heavy atom. The Hall–Kier alpha value is -2.64. The number of nitrogens with zero attached hydrogens (tertiary/aromatic N) is 1. The minimum Gasteiger partial charge on any atom is -0.495 e. The van der Waals surface area contributed by atoms with Crippen LogP contribution in [0.25, 0.3) is 0 Å². The Bertz CT molecular complexity index is 917. The molecule has 2 aromatic rings. The molecule has 0 aliphatic carbocycles. The second kappa shape index (κ2) is 11.1. The summed E-state index contributed by atoms with van der Waals surface area (Å²) in [7, 11) is 1.57. The maximum absolute atomic E-state index is 12.5. The van der Waals surface area contributed by atoms with Crippen LogP contribution in [0.3, 0.4) is 0 Å². The molecule has 3 amide bonds. The highest BCUT2D eigenvalue weighted by molar-refractivity contribution is 6.35. The van der Waals surface area contributed by atoms with Crippen molar-refractivity contribution in [3.05, 3.63) is 52.5 Å². The maximum atomic E-state index is 12.5. The second-order valence-corrected chi connectivity index (χ2v) is 8.07. The molecule has 7 nitrogen and oxygen atoms in total. The molecule has 0 radical (unpaired) electrons. The van der Waals surface area contributed by atoms with Crippen LogP contribution in [-0.2, 0) is 4.79 Å². The standard InChI is InChI=1S/C22H25Cl2N3O4/c1-30-20-5-3-2-4-18(20)26-22(29)27-10-8-15(9-11-27)13-25-21(28)14-31-19-7-6-16(23)12-17(19)24/h2-7,12,15H,8-11,13-14H2,1H3,(H,25,28)(H,26,29). The van der Waals surface area contributed by atoms with E-state index in [1.807, 2.05) is 12.1 Å². The van der Waals surface area contributed by atoms with E-state index >= 15 is 0 Å². The molecule has 3 rings (SSSR count). The number of rotatable bonds is 7. The predicted molar refractivity (Wildman–Crippen MR) is 121 cm³/mol. The largest absolute Gasteiger partial charge is 0.495 e. The van der Waals surface area contributed by atoms with Crippen molar-refractivity contribution < 1.29 is 19.1 Å². The molecule has 0 saturated carbocycles. The van der Waals surface area contributed by atoms with Gasteiger partial charge in [0.25, 0.3) is 5.91 Å². The topological polar surface area (TPSA) is 79.9 Å². The number of halogens is 2. The Balaban J connectivity index is 1.37. The quantitative estimate of drug-likeness (QED) is 0.633. The van der Waals surface area contributed by atoms with Gasteiger partial charge in [-0.1, -0.05) is 35.3 Å². The zero-order chi connectivity index (χ0) is 22.2. The van der Waals surface area contributed by atoms with Crippen LogP contribution in [0.15, 0.2) is 42.5 Å². The van der Waals surface area contributed by atoms with E-state index in [1.165, 1.54) is 0 Å². The summed E-state index contributed by atoms with van der Waals surface area (Å²) in [4.78, 5) is 26.4. The van der Waals surface area contributed by atoms with Crippen molar-refractivity contribution in [2.75, 3.05) is 38.7 Å². The minimum absolute atomic E-state index is 0.124. The lowest BCUT2D eigenvalue weighted by Crippen LogP contribution is -2.43. The molecule has 0 spiro atoms. The van der Waals surface area contributed by atoms with Gasteiger partial charge in [0.05, 0.1) is 17.8 Å².